The molecule has 93 valence electrons. The quantitative estimate of drug-likeness (QED) is 0.477. The summed E-state index contributed by atoms with van der Waals surface area (Å²) in [6, 6.07) is 25.5. The van der Waals surface area contributed by atoms with Gasteiger partial charge >= 0.3 is 0 Å². The first kappa shape index (κ1) is 12.6. The minimum absolute atomic E-state index is 0. The Morgan fingerprint density at radius 2 is 1.30 bits per heavy atom. The summed E-state index contributed by atoms with van der Waals surface area (Å²) < 4.78 is 0. The van der Waals surface area contributed by atoms with E-state index in [0.29, 0.717) is 0 Å². The van der Waals surface area contributed by atoms with E-state index in [1.54, 1.807) is 0 Å². The van der Waals surface area contributed by atoms with E-state index >= 15 is 0 Å². The summed E-state index contributed by atoms with van der Waals surface area (Å²) in [7, 11) is 0. The molecule has 0 bridgehead atoms. The fourth-order valence-electron chi connectivity index (χ4n) is 2.73. The third-order valence-corrected chi connectivity index (χ3v) is 3.63. The summed E-state index contributed by atoms with van der Waals surface area (Å²) in [5.74, 6) is 0. The van der Waals surface area contributed by atoms with Gasteiger partial charge in [-0.05, 0) is 11.6 Å². The van der Waals surface area contributed by atoms with Crippen LogP contribution in [0.25, 0.3) is 32.9 Å². The van der Waals surface area contributed by atoms with Crippen molar-refractivity contribution in [2.45, 2.75) is 0 Å². The van der Waals surface area contributed by atoms with E-state index in [2.05, 4.69) is 77.8 Å². The summed E-state index contributed by atoms with van der Waals surface area (Å²) in [6.45, 7) is 0. The lowest BCUT2D eigenvalue weighted by atomic mass is 10.0. The Bertz CT molecular complexity index is 862. The lowest BCUT2D eigenvalue weighted by Gasteiger charge is -2.03. The van der Waals surface area contributed by atoms with E-state index in [0.717, 1.165) is 0 Å². The van der Waals surface area contributed by atoms with Crippen LogP contribution >= 0.6 is 0 Å². The third-order valence-electron chi connectivity index (χ3n) is 3.63. The average Bonchev–Trinajstić information content (AvgIpc) is 2.87. The number of nitrogens with one attached hydrogen (secondary N) is 1. The highest BCUT2D eigenvalue weighted by molar-refractivity contribution is 6.11. The number of hydrogen-bond donors (Lipinski definition) is 1. The Labute approximate surface area is 119 Å². The molecule has 0 saturated heterocycles. The van der Waals surface area contributed by atoms with Crippen LogP contribution in [0.5, 0.6) is 0 Å². The van der Waals surface area contributed by atoms with Gasteiger partial charge in [0, 0.05) is 30.3 Å². The van der Waals surface area contributed by atoms with Crippen LogP contribution in [-0.4, -0.2) is 13.4 Å². The molecule has 3 radical (unpaired) electrons. The van der Waals surface area contributed by atoms with Crippen LogP contribution in [0.3, 0.4) is 0 Å². The zero-order valence-corrected chi connectivity index (χ0v) is 11.0. The standard InChI is InChI=1S/C18H13N.B/c1-2-7-13(8-3-1)14-10-6-11-16-15-9-4-5-12-17(15)19-18(14)16;/h1-12,19H;. The minimum atomic E-state index is 0. The molecule has 0 aliphatic carbocycles. The number of aromatic nitrogens is 1. The summed E-state index contributed by atoms with van der Waals surface area (Å²) >= 11 is 0. The topological polar surface area (TPSA) is 15.8 Å². The first-order chi connectivity index (χ1) is 9.43. The second-order valence-electron chi connectivity index (χ2n) is 4.76. The van der Waals surface area contributed by atoms with Crippen molar-refractivity contribution in [3.05, 3.63) is 72.8 Å². The molecular formula is C18H13BN. The molecule has 3 aromatic carbocycles. The Kier molecular flexibility index (Phi) is 3.07. The van der Waals surface area contributed by atoms with Crippen LogP contribution in [-0.2, 0) is 0 Å². The van der Waals surface area contributed by atoms with Crippen molar-refractivity contribution in [3.8, 4) is 11.1 Å². The van der Waals surface area contributed by atoms with Gasteiger partial charge in [-0.1, -0.05) is 66.7 Å². The molecule has 4 aromatic rings. The highest BCUT2D eigenvalue weighted by atomic mass is 14.7. The highest BCUT2D eigenvalue weighted by Crippen LogP contribution is 2.32. The number of hydrogen-bond acceptors (Lipinski definition) is 0. The van der Waals surface area contributed by atoms with Crippen LogP contribution in [0, 0.1) is 0 Å². The van der Waals surface area contributed by atoms with Gasteiger partial charge in [0.2, 0.25) is 0 Å². The maximum atomic E-state index is 3.55. The van der Waals surface area contributed by atoms with E-state index in [-0.39, 0.29) is 8.41 Å². The van der Waals surface area contributed by atoms with Gasteiger partial charge in [-0.2, -0.15) is 0 Å². The van der Waals surface area contributed by atoms with Crippen LogP contribution in [0.4, 0.5) is 0 Å². The molecule has 4 rings (SSSR count). The van der Waals surface area contributed by atoms with Crippen LogP contribution in [0.1, 0.15) is 0 Å². The number of rotatable bonds is 1. The molecule has 20 heavy (non-hydrogen) atoms. The van der Waals surface area contributed by atoms with E-state index in [1.165, 1.54) is 32.9 Å². The fraction of sp³-hybridized carbons (Fsp3) is 0. The van der Waals surface area contributed by atoms with Gasteiger partial charge in [0.1, 0.15) is 0 Å². The summed E-state index contributed by atoms with van der Waals surface area (Å²) in [6.07, 6.45) is 0. The van der Waals surface area contributed by atoms with Gasteiger partial charge in [-0.15, -0.1) is 0 Å². The molecule has 0 aliphatic heterocycles. The summed E-state index contributed by atoms with van der Waals surface area (Å²) in [4.78, 5) is 3.55. The molecule has 0 atom stereocenters. The van der Waals surface area contributed by atoms with E-state index in [1.807, 2.05) is 0 Å². The van der Waals surface area contributed by atoms with Crippen molar-refractivity contribution in [2.75, 3.05) is 0 Å². The predicted molar refractivity (Wildman–Crippen MR) is 87.0 cm³/mol. The van der Waals surface area contributed by atoms with E-state index < -0.39 is 0 Å². The second kappa shape index (κ2) is 4.89. The molecular weight excluding hydrogens is 241 g/mol. The van der Waals surface area contributed by atoms with Crippen molar-refractivity contribution < 1.29 is 0 Å². The van der Waals surface area contributed by atoms with Gasteiger partial charge in [0.05, 0.1) is 5.52 Å². The van der Waals surface area contributed by atoms with Crippen molar-refractivity contribution in [3.63, 3.8) is 0 Å². The van der Waals surface area contributed by atoms with Crippen LogP contribution < -0.4 is 0 Å². The zero-order valence-electron chi connectivity index (χ0n) is 11.0. The zero-order chi connectivity index (χ0) is 12.7. The second-order valence-corrected chi connectivity index (χ2v) is 4.76. The molecule has 0 spiro atoms. The van der Waals surface area contributed by atoms with Crippen LogP contribution in [0.15, 0.2) is 72.8 Å². The van der Waals surface area contributed by atoms with Gasteiger partial charge in [-0.3, -0.25) is 0 Å². The molecule has 0 amide bonds. The van der Waals surface area contributed by atoms with Crippen molar-refractivity contribution in [2.24, 2.45) is 0 Å². The lowest BCUT2D eigenvalue weighted by molar-refractivity contribution is 1.53. The van der Waals surface area contributed by atoms with Crippen molar-refractivity contribution in [1.29, 1.82) is 0 Å². The number of para-hydroxylation sites is 2. The van der Waals surface area contributed by atoms with E-state index in [9.17, 15) is 0 Å². The average molecular weight is 254 g/mol. The third kappa shape index (κ3) is 1.81. The number of aromatic amines is 1. The summed E-state index contributed by atoms with van der Waals surface area (Å²) in [5.41, 5.74) is 4.92. The first-order valence-electron chi connectivity index (χ1n) is 6.48. The number of benzene rings is 3. The maximum absolute atomic E-state index is 3.55. The molecule has 1 aromatic heterocycles. The molecule has 1 N–H and O–H groups in total. The Hall–Kier alpha value is -2.48. The van der Waals surface area contributed by atoms with Crippen molar-refractivity contribution >= 4 is 30.2 Å². The maximum Gasteiger partial charge on any atom is 0.0544 e. The Morgan fingerprint density at radius 1 is 0.600 bits per heavy atom. The molecule has 0 unspecified atom stereocenters. The first-order valence-corrected chi connectivity index (χ1v) is 6.48. The molecule has 1 nitrogen and oxygen atoms in total. The summed E-state index contributed by atoms with van der Waals surface area (Å²) in [5, 5.41) is 2.58. The number of H-pyrrole nitrogens is 1. The van der Waals surface area contributed by atoms with Gasteiger partial charge in [0.25, 0.3) is 0 Å². The Morgan fingerprint density at radius 3 is 2.15 bits per heavy atom. The normalized spacial score (nSPS) is 10.6. The lowest BCUT2D eigenvalue weighted by Crippen LogP contribution is -1.79. The molecule has 1 heterocycles. The van der Waals surface area contributed by atoms with Crippen molar-refractivity contribution in [1.82, 2.24) is 4.98 Å². The van der Waals surface area contributed by atoms with Crippen LogP contribution in [0.2, 0.25) is 0 Å². The van der Waals surface area contributed by atoms with Gasteiger partial charge < -0.3 is 4.98 Å². The molecule has 0 aliphatic rings. The largest absolute Gasteiger partial charge is 0.354 e. The number of fused-ring (bicyclic) bond motifs is 3. The molecule has 0 fully saturated rings. The minimum Gasteiger partial charge on any atom is -0.354 e. The Balaban J connectivity index is 0.00000121. The predicted octanol–water partition coefficient (Wildman–Crippen LogP) is 4.61. The smallest absolute Gasteiger partial charge is 0.0544 e. The van der Waals surface area contributed by atoms with Gasteiger partial charge in [-0.25, -0.2) is 0 Å². The monoisotopic (exact) mass is 254 g/mol. The fourth-order valence-corrected chi connectivity index (χ4v) is 2.73. The molecule has 0 saturated carbocycles. The molecule has 2 heteroatoms. The van der Waals surface area contributed by atoms with E-state index in [4.69, 9.17) is 0 Å². The van der Waals surface area contributed by atoms with Gasteiger partial charge in [0.15, 0.2) is 0 Å². The highest BCUT2D eigenvalue weighted by Gasteiger charge is 2.08. The SMILES string of the molecule is [B].c1ccc(-c2cccc3c2[nH]c2ccccc23)cc1.